The molecule has 1 fully saturated rings. The van der Waals surface area contributed by atoms with Gasteiger partial charge in [-0.25, -0.2) is 0 Å². The Kier molecular flexibility index (Phi) is 4.91. The highest BCUT2D eigenvalue weighted by Crippen LogP contribution is 2.17. The van der Waals surface area contributed by atoms with E-state index in [0.29, 0.717) is 0 Å². The average Bonchev–Trinajstić information content (AvgIpc) is 2.25. The number of quaternary nitrogens is 1. The quantitative estimate of drug-likeness (QED) is 0.344. The maximum atomic E-state index is 9.60. The van der Waals surface area contributed by atoms with Gasteiger partial charge in [0.05, 0.1) is 13.2 Å². The van der Waals surface area contributed by atoms with E-state index in [-0.39, 0.29) is 6.61 Å². The zero-order valence-electron chi connectivity index (χ0n) is 8.78. The van der Waals surface area contributed by atoms with Crippen molar-refractivity contribution in [2.45, 2.75) is 44.0 Å². The molecule has 0 spiro atoms. The standard InChI is InChI=1S/C9H19NO5/c1-2-3-10-9-8(14)7(13)6(12)5(4-11)15-9/h5-14H,2-4H2,1H3/p+1/t5-,6-,7+,8-,9-/m1/s1. The van der Waals surface area contributed by atoms with Gasteiger partial charge in [0.2, 0.25) is 6.23 Å². The topological polar surface area (TPSA) is 107 Å². The molecule has 0 saturated carbocycles. The van der Waals surface area contributed by atoms with Crippen molar-refractivity contribution in [3.63, 3.8) is 0 Å². The highest BCUT2D eigenvalue weighted by molar-refractivity contribution is 4.87. The number of ether oxygens (including phenoxy) is 1. The van der Waals surface area contributed by atoms with Crippen LogP contribution in [0.2, 0.25) is 0 Å². The van der Waals surface area contributed by atoms with E-state index in [4.69, 9.17) is 9.84 Å². The van der Waals surface area contributed by atoms with E-state index in [1.165, 1.54) is 0 Å². The fourth-order valence-electron chi connectivity index (χ4n) is 1.66. The summed E-state index contributed by atoms with van der Waals surface area (Å²) in [4.78, 5) is 0. The first kappa shape index (κ1) is 12.8. The fraction of sp³-hybridized carbons (Fsp3) is 1.00. The third kappa shape index (κ3) is 2.87. The molecule has 0 bridgehead atoms. The molecule has 1 saturated heterocycles. The predicted octanol–water partition coefficient (Wildman–Crippen LogP) is -3.24. The molecule has 0 aromatic rings. The van der Waals surface area contributed by atoms with Gasteiger partial charge >= 0.3 is 0 Å². The summed E-state index contributed by atoms with van der Waals surface area (Å²) in [7, 11) is 0. The number of aliphatic hydroxyl groups excluding tert-OH is 4. The molecule has 1 heterocycles. The molecule has 0 unspecified atom stereocenters. The Balaban J connectivity index is 2.57. The maximum absolute atomic E-state index is 9.60. The number of aliphatic hydroxyl groups is 4. The van der Waals surface area contributed by atoms with Crippen molar-refractivity contribution in [1.29, 1.82) is 0 Å². The molecule has 6 nitrogen and oxygen atoms in total. The molecular weight excluding hydrogens is 202 g/mol. The van der Waals surface area contributed by atoms with Crippen molar-refractivity contribution < 1.29 is 30.5 Å². The van der Waals surface area contributed by atoms with Crippen LogP contribution >= 0.6 is 0 Å². The summed E-state index contributed by atoms with van der Waals surface area (Å²) >= 11 is 0. The zero-order valence-corrected chi connectivity index (χ0v) is 8.78. The summed E-state index contributed by atoms with van der Waals surface area (Å²) in [5.74, 6) is 0. The van der Waals surface area contributed by atoms with Crippen LogP contribution in [0.1, 0.15) is 13.3 Å². The first-order chi connectivity index (χ1) is 7.11. The van der Waals surface area contributed by atoms with Crippen LogP contribution in [0.15, 0.2) is 0 Å². The van der Waals surface area contributed by atoms with Crippen molar-refractivity contribution in [3.8, 4) is 0 Å². The van der Waals surface area contributed by atoms with Crippen molar-refractivity contribution in [2.75, 3.05) is 13.2 Å². The first-order valence-corrected chi connectivity index (χ1v) is 5.25. The minimum Gasteiger partial charge on any atom is -0.394 e. The van der Waals surface area contributed by atoms with Crippen molar-refractivity contribution in [1.82, 2.24) is 0 Å². The summed E-state index contributed by atoms with van der Waals surface area (Å²) < 4.78 is 5.27. The maximum Gasteiger partial charge on any atom is 0.219 e. The monoisotopic (exact) mass is 222 g/mol. The van der Waals surface area contributed by atoms with Crippen LogP contribution in [-0.4, -0.2) is 64.2 Å². The third-order valence-corrected chi connectivity index (χ3v) is 2.62. The lowest BCUT2D eigenvalue weighted by molar-refractivity contribution is -0.742. The van der Waals surface area contributed by atoms with E-state index in [2.05, 4.69) is 0 Å². The number of rotatable bonds is 4. The van der Waals surface area contributed by atoms with Crippen molar-refractivity contribution >= 4 is 0 Å². The molecule has 0 aliphatic carbocycles. The van der Waals surface area contributed by atoms with Gasteiger partial charge in [0.1, 0.15) is 18.3 Å². The second-order valence-corrected chi connectivity index (χ2v) is 3.82. The molecule has 0 aromatic carbocycles. The minimum absolute atomic E-state index is 0.374. The van der Waals surface area contributed by atoms with Gasteiger partial charge in [-0.3, -0.25) is 0 Å². The van der Waals surface area contributed by atoms with Crippen LogP contribution in [0.5, 0.6) is 0 Å². The zero-order chi connectivity index (χ0) is 11.4. The van der Waals surface area contributed by atoms with E-state index in [1.807, 2.05) is 6.92 Å². The Labute approximate surface area is 88.5 Å². The Bertz CT molecular complexity index is 189. The van der Waals surface area contributed by atoms with Crippen LogP contribution in [0.25, 0.3) is 0 Å². The Morgan fingerprint density at radius 3 is 2.33 bits per heavy atom. The lowest BCUT2D eigenvalue weighted by Crippen LogP contribution is -2.95. The second kappa shape index (κ2) is 5.74. The third-order valence-electron chi connectivity index (χ3n) is 2.62. The van der Waals surface area contributed by atoms with E-state index >= 15 is 0 Å². The average molecular weight is 222 g/mol. The SMILES string of the molecule is CCC[NH2+][C@@H]1O[C@H](CO)[C@@H](O)[C@H](O)[C@H]1O. The minimum atomic E-state index is -1.27. The molecule has 1 aliphatic rings. The highest BCUT2D eigenvalue weighted by atomic mass is 16.6. The van der Waals surface area contributed by atoms with Gasteiger partial charge in [-0.2, -0.15) is 0 Å². The molecule has 0 amide bonds. The van der Waals surface area contributed by atoms with Gasteiger partial charge in [0, 0.05) is 0 Å². The van der Waals surface area contributed by atoms with E-state index < -0.39 is 30.6 Å². The summed E-state index contributed by atoms with van der Waals surface area (Å²) in [6.07, 6.45) is -4.18. The predicted molar refractivity (Wildman–Crippen MR) is 50.9 cm³/mol. The molecule has 6 N–H and O–H groups in total. The van der Waals surface area contributed by atoms with Gasteiger partial charge in [0.25, 0.3) is 0 Å². The van der Waals surface area contributed by atoms with Crippen LogP contribution in [0, 0.1) is 0 Å². The Morgan fingerprint density at radius 2 is 1.80 bits per heavy atom. The smallest absolute Gasteiger partial charge is 0.219 e. The summed E-state index contributed by atoms with van der Waals surface area (Å²) in [6.45, 7) is 2.37. The lowest BCUT2D eigenvalue weighted by atomic mass is 9.98. The molecule has 90 valence electrons. The molecule has 0 radical (unpaired) electrons. The molecule has 0 aromatic heterocycles. The second-order valence-electron chi connectivity index (χ2n) is 3.82. The van der Waals surface area contributed by atoms with Crippen LogP contribution < -0.4 is 5.32 Å². The normalized spacial score (nSPS) is 41.8. The summed E-state index contributed by atoms with van der Waals surface area (Å²) in [5.41, 5.74) is 0. The molecule has 1 rings (SSSR count). The van der Waals surface area contributed by atoms with Crippen LogP contribution in [-0.2, 0) is 4.74 Å². The lowest BCUT2D eigenvalue weighted by Gasteiger charge is -2.38. The van der Waals surface area contributed by atoms with Crippen LogP contribution in [0.4, 0.5) is 0 Å². The largest absolute Gasteiger partial charge is 0.394 e. The van der Waals surface area contributed by atoms with Crippen molar-refractivity contribution in [3.05, 3.63) is 0 Å². The van der Waals surface area contributed by atoms with E-state index in [0.717, 1.165) is 13.0 Å². The molecule has 15 heavy (non-hydrogen) atoms. The molecule has 5 atom stereocenters. The Hall–Kier alpha value is -0.240. The number of hydrogen-bond donors (Lipinski definition) is 5. The van der Waals surface area contributed by atoms with E-state index in [9.17, 15) is 15.3 Å². The number of hydrogen-bond acceptors (Lipinski definition) is 5. The summed E-state index contributed by atoms with van der Waals surface area (Å²) in [6, 6.07) is 0. The molecule has 6 heteroatoms. The van der Waals surface area contributed by atoms with Gasteiger partial charge in [-0.1, -0.05) is 6.92 Å². The first-order valence-electron chi connectivity index (χ1n) is 5.25. The Morgan fingerprint density at radius 1 is 1.13 bits per heavy atom. The highest BCUT2D eigenvalue weighted by Gasteiger charge is 2.45. The van der Waals surface area contributed by atoms with E-state index in [1.54, 1.807) is 5.32 Å². The van der Waals surface area contributed by atoms with Gasteiger partial charge in [0.15, 0.2) is 6.10 Å². The van der Waals surface area contributed by atoms with Gasteiger partial charge < -0.3 is 30.5 Å². The fourth-order valence-corrected chi connectivity index (χ4v) is 1.66. The molecular formula is C9H20NO5+. The summed E-state index contributed by atoms with van der Waals surface area (Å²) in [5, 5.41) is 39.2. The molecule has 1 aliphatic heterocycles. The van der Waals surface area contributed by atoms with Crippen LogP contribution in [0.3, 0.4) is 0 Å². The number of nitrogens with two attached hydrogens (primary N) is 1. The van der Waals surface area contributed by atoms with Gasteiger partial charge in [-0.15, -0.1) is 0 Å². The van der Waals surface area contributed by atoms with Gasteiger partial charge in [-0.05, 0) is 6.42 Å². The van der Waals surface area contributed by atoms with Crippen molar-refractivity contribution in [2.24, 2.45) is 0 Å².